The zero-order valence-corrected chi connectivity index (χ0v) is 12.5. The van der Waals surface area contributed by atoms with Crippen molar-refractivity contribution in [2.24, 2.45) is 17.1 Å². The molecular weight excluding hydrogens is 228 g/mol. The Morgan fingerprint density at radius 2 is 1.88 bits per heavy atom. The van der Waals surface area contributed by atoms with Gasteiger partial charge in [0.05, 0.1) is 0 Å². The van der Waals surface area contributed by atoms with Crippen LogP contribution in [-0.2, 0) is 0 Å². The molecule has 2 nitrogen and oxygen atoms in total. The summed E-state index contributed by atoms with van der Waals surface area (Å²) in [6, 6.07) is 0. The van der Waals surface area contributed by atoms with Gasteiger partial charge in [-0.25, -0.2) is 0 Å². The second kappa shape index (κ2) is 5.10. The molecule has 2 N–H and O–H groups in total. The van der Waals surface area contributed by atoms with E-state index in [4.69, 9.17) is 5.73 Å². The number of thioether (sulfide) groups is 1. The van der Waals surface area contributed by atoms with E-state index < -0.39 is 0 Å². The van der Waals surface area contributed by atoms with Gasteiger partial charge < -0.3 is 5.73 Å². The van der Waals surface area contributed by atoms with E-state index in [-0.39, 0.29) is 0 Å². The number of nitrogens with zero attached hydrogens (tertiary/aromatic N) is 1. The smallest absolute Gasteiger partial charge is 0.0340 e. The highest BCUT2D eigenvalue weighted by molar-refractivity contribution is 7.99. The first-order valence-corrected chi connectivity index (χ1v) is 8.16. The van der Waals surface area contributed by atoms with Gasteiger partial charge in [-0.1, -0.05) is 20.8 Å². The Bertz CT molecular complexity index is 261. The molecule has 1 saturated heterocycles. The number of hydrogen-bond donors (Lipinski definition) is 1. The third kappa shape index (κ3) is 2.99. The second-order valence-corrected chi connectivity index (χ2v) is 8.11. The summed E-state index contributed by atoms with van der Waals surface area (Å²) in [5, 5.41) is 0. The number of hydrogen-bond acceptors (Lipinski definition) is 3. The van der Waals surface area contributed by atoms with Crippen molar-refractivity contribution in [3.8, 4) is 0 Å². The Balaban J connectivity index is 2.16. The van der Waals surface area contributed by atoms with Crippen molar-refractivity contribution in [1.82, 2.24) is 4.90 Å². The van der Waals surface area contributed by atoms with Gasteiger partial charge in [0.15, 0.2) is 0 Å². The first-order valence-electron chi connectivity index (χ1n) is 7.00. The van der Waals surface area contributed by atoms with Crippen LogP contribution in [0, 0.1) is 11.3 Å². The molecule has 1 heterocycles. The first kappa shape index (κ1) is 13.7. The second-order valence-electron chi connectivity index (χ2n) is 6.88. The molecule has 0 bridgehead atoms. The Morgan fingerprint density at radius 3 is 2.41 bits per heavy atom. The Kier molecular flexibility index (Phi) is 4.11. The minimum absolute atomic E-state index is 0.294. The van der Waals surface area contributed by atoms with E-state index in [0.717, 1.165) is 12.5 Å². The summed E-state index contributed by atoms with van der Waals surface area (Å²) in [4.78, 5) is 2.71. The van der Waals surface area contributed by atoms with Crippen molar-refractivity contribution in [3.05, 3.63) is 0 Å². The third-order valence-corrected chi connectivity index (χ3v) is 5.44. The van der Waals surface area contributed by atoms with Crippen LogP contribution in [0.5, 0.6) is 0 Å². The van der Waals surface area contributed by atoms with Crippen LogP contribution < -0.4 is 5.73 Å². The Hall–Kier alpha value is 0.270. The van der Waals surface area contributed by atoms with Crippen molar-refractivity contribution in [1.29, 1.82) is 0 Å². The molecule has 0 radical (unpaired) electrons. The molecule has 0 aromatic heterocycles. The fourth-order valence-corrected chi connectivity index (χ4v) is 5.17. The van der Waals surface area contributed by atoms with Crippen LogP contribution in [0.3, 0.4) is 0 Å². The van der Waals surface area contributed by atoms with E-state index in [1.54, 1.807) is 0 Å². The molecule has 2 unspecified atom stereocenters. The maximum absolute atomic E-state index is 6.20. The highest BCUT2D eigenvalue weighted by Gasteiger charge is 2.45. The highest BCUT2D eigenvalue weighted by Crippen LogP contribution is 2.46. The Labute approximate surface area is 111 Å². The van der Waals surface area contributed by atoms with Gasteiger partial charge in [0, 0.05) is 36.7 Å². The molecule has 0 spiro atoms. The summed E-state index contributed by atoms with van der Waals surface area (Å²) in [6.45, 7) is 10.6. The van der Waals surface area contributed by atoms with Crippen LogP contribution in [0.15, 0.2) is 0 Å². The van der Waals surface area contributed by atoms with Crippen molar-refractivity contribution < 1.29 is 0 Å². The van der Waals surface area contributed by atoms with Crippen LogP contribution in [0.1, 0.15) is 40.0 Å². The standard InChI is InChI=1S/C14H28N2S/c1-12-8-13(2,3)10-14(9-12,11-15)16-4-6-17-7-5-16/h12H,4-11,15H2,1-3H3. The number of rotatable bonds is 2. The molecule has 0 aromatic rings. The van der Waals surface area contributed by atoms with E-state index in [1.807, 2.05) is 0 Å². The monoisotopic (exact) mass is 256 g/mol. The summed E-state index contributed by atoms with van der Waals surface area (Å²) in [7, 11) is 0. The highest BCUT2D eigenvalue weighted by atomic mass is 32.2. The molecule has 100 valence electrons. The molecule has 17 heavy (non-hydrogen) atoms. The van der Waals surface area contributed by atoms with E-state index >= 15 is 0 Å². The summed E-state index contributed by atoms with van der Waals surface area (Å²) in [5.41, 5.74) is 6.96. The van der Waals surface area contributed by atoms with Crippen LogP contribution in [0.4, 0.5) is 0 Å². The maximum Gasteiger partial charge on any atom is 0.0340 e. The summed E-state index contributed by atoms with van der Waals surface area (Å²) in [5.74, 6) is 3.39. The average molecular weight is 256 g/mol. The summed E-state index contributed by atoms with van der Waals surface area (Å²) in [6.07, 6.45) is 3.94. The van der Waals surface area contributed by atoms with Crippen LogP contribution in [0.2, 0.25) is 0 Å². The third-order valence-electron chi connectivity index (χ3n) is 4.50. The molecule has 2 aliphatic rings. The summed E-state index contributed by atoms with van der Waals surface area (Å²) < 4.78 is 0. The van der Waals surface area contributed by atoms with Gasteiger partial charge >= 0.3 is 0 Å². The first-order chi connectivity index (χ1) is 7.97. The molecule has 1 aliphatic heterocycles. The Morgan fingerprint density at radius 1 is 1.24 bits per heavy atom. The van der Waals surface area contributed by atoms with Gasteiger partial charge in [-0.3, -0.25) is 4.90 Å². The van der Waals surface area contributed by atoms with Gasteiger partial charge in [0.2, 0.25) is 0 Å². The molecular formula is C14H28N2S. The molecule has 1 saturated carbocycles. The maximum atomic E-state index is 6.20. The normalized spacial score (nSPS) is 39.2. The molecule has 0 aromatic carbocycles. The lowest BCUT2D eigenvalue weighted by Gasteiger charge is -2.54. The SMILES string of the molecule is CC1CC(C)(C)CC(CN)(N2CCSCC2)C1. The van der Waals surface area contributed by atoms with Gasteiger partial charge in [-0.15, -0.1) is 0 Å². The minimum Gasteiger partial charge on any atom is -0.329 e. The van der Waals surface area contributed by atoms with Crippen molar-refractivity contribution in [2.75, 3.05) is 31.1 Å². The lowest BCUT2D eigenvalue weighted by atomic mass is 9.63. The molecule has 2 fully saturated rings. The van der Waals surface area contributed by atoms with Crippen LogP contribution in [-0.4, -0.2) is 41.6 Å². The number of nitrogens with two attached hydrogens (primary N) is 1. The van der Waals surface area contributed by atoms with Crippen LogP contribution in [0.25, 0.3) is 0 Å². The van der Waals surface area contributed by atoms with Gasteiger partial charge in [0.1, 0.15) is 0 Å². The zero-order valence-electron chi connectivity index (χ0n) is 11.7. The lowest BCUT2D eigenvalue weighted by molar-refractivity contribution is -0.00615. The van der Waals surface area contributed by atoms with Crippen LogP contribution >= 0.6 is 11.8 Å². The lowest BCUT2D eigenvalue weighted by Crippen LogP contribution is -2.60. The molecule has 1 aliphatic carbocycles. The fourth-order valence-electron chi connectivity index (χ4n) is 4.26. The molecule has 2 rings (SSSR count). The van der Waals surface area contributed by atoms with E-state index in [2.05, 4.69) is 37.4 Å². The molecule has 3 heteroatoms. The van der Waals surface area contributed by atoms with E-state index in [1.165, 1.54) is 43.9 Å². The quantitative estimate of drug-likeness (QED) is 0.823. The van der Waals surface area contributed by atoms with E-state index in [9.17, 15) is 0 Å². The molecule has 0 amide bonds. The van der Waals surface area contributed by atoms with Gasteiger partial charge in [0.25, 0.3) is 0 Å². The topological polar surface area (TPSA) is 29.3 Å². The van der Waals surface area contributed by atoms with Gasteiger partial charge in [-0.2, -0.15) is 11.8 Å². The van der Waals surface area contributed by atoms with Crippen molar-refractivity contribution in [3.63, 3.8) is 0 Å². The predicted molar refractivity (Wildman–Crippen MR) is 77.5 cm³/mol. The average Bonchev–Trinajstić information content (AvgIpc) is 2.27. The largest absolute Gasteiger partial charge is 0.329 e. The van der Waals surface area contributed by atoms with Crippen molar-refractivity contribution >= 4 is 11.8 Å². The predicted octanol–water partition coefficient (Wildman–Crippen LogP) is 2.58. The fraction of sp³-hybridized carbons (Fsp3) is 1.00. The van der Waals surface area contributed by atoms with Crippen molar-refractivity contribution in [2.45, 2.75) is 45.6 Å². The van der Waals surface area contributed by atoms with Gasteiger partial charge in [-0.05, 0) is 30.6 Å². The molecule has 2 atom stereocenters. The minimum atomic E-state index is 0.294. The summed E-state index contributed by atoms with van der Waals surface area (Å²) >= 11 is 2.09. The van der Waals surface area contributed by atoms with E-state index in [0.29, 0.717) is 11.0 Å². The zero-order chi connectivity index (χ0) is 12.5.